The molecule has 0 saturated carbocycles. The Hall–Kier alpha value is -3.37. The van der Waals surface area contributed by atoms with Crippen LogP contribution in [0.15, 0.2) is 71.5 Å². The molecular weight excluding hydrogens is 408 g/mol. The summed E-state index contributed by atoms with van der Waals surface area (Å²) >= 11 is 6.01. The SMILES string of the molecule is Cc1ccc2cc(CN(C(=O)c3ccc(Cl)cc3)c3cccc(C)c3C)c(=O)[nH]c2c1. The van der Waals surface area contributed by atoms with E-state index in [9.17, 15) is 9.59 Å². The highest BCUT2D eigenvalue weighted by molar-refractivity contribution is 6.30. The number of amides is 1. The number of H-pyrrole nitrogens is 1. The molecule has 4 rings (SSSR count). The van der Waals surface area contributed by atoms with Crippen molar-refractivity contribution in [2.45, 2.75) is 27.3 Å². The molecule has 0 fully saturated rings. The molecule has 0 aliphatic heterocycles. The lowest BCUT2D eigenvalue weighted by molar-refractivity contribution is 0.0985. The molecule has 5 heteroatoms. The van der Waals surface area contributed by atoms with Crippen LogP contribution in [0.4, 0.5) is 5.69 Å². The van der Waals surface area contributed by atoms with E-state index in [4.69, 9.17) is 11.6 Å². The van der Waals surface area contributed by atoms with Gasteiger partial charge in [0.05, 0.1) is 6.54 Å². The van der Waals surface area contributed by atoms with Crippen molar-refractivity contribution in [1.82, 2.24) is 4.98 Å². The quantitative estimate of drug-likeness (QED) is 0.434. The molecular formula is C26H23ClN2O2. The second-order valence-electron chi connectivity index (χ2n) is 7.83. The maximum atomic E-state index is 13.5. The zero-order valence-corrected chi connectivity index (χ0v) is 18.5. The lowest BCUT2D eigenvalue weighted by Gasteiger charge is -2.25. The van der Waals surface area contributed by atoms with Crippen molar-refractivity contribution in [3.8, 4) is 0 Å². The lowest BCUT2D eigenvalue weighted by atomic mass is 10.0. The highest BCUT2D eigenvalue weighted by Gasteiger charge is 2.22. The van der Waals surface area contributed by atoms with Crippen molar-refractivity contribution in [1.29, 1.82) is 0 Å². The zero-order valence-electron chi connectivity index (χ0n) is 17.7. The number of rotatable bonds is 4. The molecule has 1 N–H and O–H groups in total. The van der Waals surface area contributed by atoms with E-state index in [1.165, 1.54) is 0 Å². The van der Waals surface area contributed by atoms with Crippen molar-refractivity contribution >= 4 is 34.1 Å². The number of carbonyl (C=O) groups excluding carboxylic acids is 1. The number of nitrogens with one attached hydrogen (secondary N) is 1. The average molecular weight is 431 g/mol. The van der Waals surface area contributed by atoms with E-state index in [0.717, 1.165) is 33.3 Å². The first kappa shape index (κ1) is 20.9. The van der Waals surface area contributed by atoms with Crippen LogP contribution in [0.5, 0.6) is 0 Å². The first-order valence-corrected chi connectivity index (χ1v) is 10.5. The molecule has 4 aromatic rings. The van der Waals surface area contributed by atoms with Crippen LogP contribution in [-0.4, -0.2) is 10.9 Å². The van der Waals surface area contributed by atoms with Crippen LogP contribution >= 0.6 is 11.6 Å². The van der Waals surface area contributed by atoms with E-state index in [2.05, 4.69) is 4.98 Å². The van der Waals surface area contributed by atoms with Gasteiger partial charge in [0.1, 0.15) is 0 Å². The van der Waals surface area contributed by atoms with Gasteiger partial charge < -0.3 is 9.88 Å². The molecule has 4 nitrogen and oxygen atoms in total. The smallest absolute Gasteiger partial charge is 0.258 e. The Labute approximate surface area is 186 Å². The molecule has 0 aliphatic rings. The van der Waals surface area contributed by atoms with Crippen LogP contribution in [0.1, 0.15) is 32.6 Å². The fourth-order valence-corrected chi connectivity index (χ4v) is 3.82. The number of nitrogens with zero attached hydrogens (tertiary/aromatic N) is 1. The summed E-state index contributed by atoms with van der Waals surface area (Å²) in [5, 5.41) is 1.50. The van der Waals surface area contributed by atoms with Crippen LogP contribution in [0.3, 0.4) is 0 Å². The predicted octanol–water partition coefficient (Wildman–Crippen LogP) is 5.95. The number of hydrogen-bond acceptors (Lipinski definition) is 2. The number of carbonyl (C=O) groups is 1. The molecule has 0 radical (unpaired) electrons. The Morgan fingerprint density at radius 3 is 2.45 bits per heavy atom. The Morgan fingerprint density at radius 2 is 1.71 bits per heavy atom. The van der Waals surface area contributed by atoms with Gasteiger partial charge in [0, 0.05) is 27.4 Å². The summed E-state index contributed by atoms with van der Waals surface area (Å²) in [5.74, 6) is -0.186. The summed E-state index contributed by atoms with van der Waals surface area (Å²) < 4.78 is 0. The van der Waals surface area contributed by atoms with Gasteiger partial charge in [0.15, 0.2) is 0 Å². The maximum absolute atomic E-state index is 13.5. The van der Waals surface area contributed by atoms with E-state index in [-0.39, 0.29) is 18.0 Å². The molecule has 1 heterocycles. The molecule has 31 heavy (non-hydrogen) atoms. The summed E-state index contributed by atoms with van der Waals surface area (Å²) in [6.45, 7) is 6.14. The summed E-state index contributed by atoms with van der Waals surface area (Å²) in [6.07, 6.45) is 0. The van der Waals surface area contributed by atoms with Gasteiger partial charge in [0.25, 0.3) is 11.5 Å². The first-order chi connectivity index (χ1) is 14.8. The van der Waals surface area contributed by atoms with Crippen LogP contribution < -0.4 is 10.5 Å². The molecule has 156 valence electrons. The Balaban J connectivity index is 1.82. The number of pyridine rings is 1. The Bertz CT molecular complexity index is 1340. The molecule has 0 atom stereocenters. The van der Waals surface area contributed by atoms with Gasteiger partial charge in [-0.2, -0.15) is 0 Å². The van der Waals surface area contributed by atoms with Crippen LogP contribution in [0.25, 0.3) is 10.9 Å². The van der Waals surface area contributed by atoms with E-state index in [0.29, 0.717) is 16.1 Å². The van der Waals surface area contributed by atoms with Crippen molar-refractivity contribution in [2.75, 3.05) is 4.90 Å². The van der Waals surface area contributed by atoms with E-state index in [1.54, 1.807) is 29.2 Å². The molecule has 0 aliphatic carbocycles. The third-order valence-electron chi connectivity index (χ3n) is 5.61. The third-order valence-corrected chi connectivity index (χ3v) is 5.86. The van der Waals surface area contributed by atoms with Gasteiger partial charge in [-0.25, -0.2) is 0 Å². The van der Waals surface area contributed by atoms with Gasteiger partial charge >= 0.3 is 0 Å². The molecule has 0 spiro atoms. The molecule has 0 unspecified atom stereocenters. The summed E-state index contributed by atoms with van der Waals surface area (Å²) in [6, 6.07) is 20.4. The fraction of sp³-hybridized carbons (Fsp3) is 0.154. The Kier molecular flexibility index (Phi) is 5.66. The highest BCUT2D eigenvalue weighted by Crippen LogP contribution is 2.27. The van der Waals surface area contributed by atoms with Gasteiger partial charge in [-0.05, 0) is 85.3 Å². The molecule has 1 aromatic heterocycles. The number of aromatic nitrogens is 1. The predicted molar refractivity (Wildman–Crippen MR) is 127 cm³/mol. The van der Waals surface area contributed by atoms with Crippen molar-refractivity contribution in [3.63, 3.8) is 0 Å². The van der Waals surface area contributed by atoms with Crippen LogP contribution in [-0.2, 0) is 6.54 Å². The monoisotopic (exact) mass is 430 g/mol. The van der Waals surface area contributed by atoms with Gasteiger partial charge in [0.2, 0.25) is 0 Å². The van der Waals surface area contributed by atoms with Crippen molar-refractivity contribution in [2.24, 2.45) is 0 Å². The summed E-state index contributed by atoms with van der Waals surface area (Å²) in [5.41, 5.74) is 5.56. The average Bonchev–Trinajstić information content (AvgIpc) is 2.74. The third kappa shape index (κ3) is 4.25. The van der Waals surface area contributed by atoms with Crippen LogP contribution in [0.2, 0.25) is 5.02 Å². The molecule has 0 bridgehead atoms. The fourth-order valence-electron chi connectivity index (χ4n) is 3.69. The van der Waals surface area contributed by atoms with Gasteiger partial charge in [-0.15, -0.1) is 0 Å². The molecule has 1 amide bonds. The summed E-state index contributed by atoms with van der Waals surface area (Å²) in [7, 11) is 0. The lowest BCUT2D eigenvalue weighted by Crippen LogP contribution is -2.33. The maximum Gasteiger partial charge on any atom is 0.258 e. The topological polar surface area (TPSA) is 53.2 Å². The number of fused-ring (bicyclic) bond motifs is 1. The number of benzene rings is 3. The van der Waals surface area contributed by atoms with Gasteiger partial charge in [-0.1, -0.05) is 35.9 Å². The minimum absolute atomic E-state index is 0.158. The molecule has 3 aromatic carbocycles. The van der Waals surface area contributed by atoms with Crippen molar-refractivity contribution in [3.05, 3.63) is 110 Å². The molecule has 0 saturated heterocycles. The second-order valence-corrected chi connectivity index (χ2v) is 8.27. The number of halogens is 1. The highest BCUT2D eigenvalue weighted by atomic mass is 35.5. The largest absolute Gasteiger partial charge is 0.322 e. The minimum atomic E-state index is -0.197. The van der Waals surface area contributed by atoms with E-state index < -0.39 is 0 Å². The number of anilines is 1. The standard InChI is InChI=1S/C26H23ClN2O2/c1-16-7-8-20-14-21(25(30)28-23(20)13-16)15-29(24-6-4-5-17(2)18(24)3)26(31)19-9-11-22(27)12-10-19/h4-14H,15H2,1-3H3,(H,28,30). The summed E-state index contributed by atoms with van der Waals surface area (Å²) in [4.78, 5) is 31.0. The number of aromatic amines is 1. The minimum Gasteiger partial charge on any atom is -0.322 e. The number of hydrogen-bond donors (Lipinski definition) is 1. The first-order valence-electron chi connectivity index (χ1n) is 10.1. The Morgan fingerprint density at radius 1 is 0.968 bits per heavy atom. The van der Waals surface area contributed by atoms with E-state index in [1.807, 2.05) is 63.2 Å². The van der Waals surface area contributed by atoms with E-state index >= 15 is 0 Å². The van der Waals surface area contributed by atoms with Crippen LogP contribution in [0, 0.1) is 20.8 Å². The van der Waals surface area contributed by atoms with Gasteiger partial charge in [-0.3, -0.25) is 9.59 Å². The van der Waals surface area contributed by atoms with Crippen molar-refractivity contribution < 1.29 is 4.79 Å². The normalized spacial score (nSPS) is 11.0. The zero-order chi connectivity index (χ0) is 22.1. The number of aryl methyl sites for hydroxylation is 2. The second kappa shape index (κ2) is 8.40.